The molecular formula is C24H35IO4. The Balaban J connectivity index is 1.39. The van der Waals surface area contributed by atoms with Crippen molar-refractivity contribution in [2.75, 3.05) is 17.6 Å². The number of hydrogen-bond acceptors (Lipinski definition) is 4. The maximum atomic E-state index is 11.8. The van der Waals surface area contributed by atoms with Crippen LogP contribution < -0.4 is 0 Å². The van der Waals surface area contributed by atoms with E-state index < -0.39 is 0 Å². The zero-order chi connectivity index (χ0) is 20.5. The van der Waals surface area contributed by atoms with Crippen molar-refractivity contribution in [3.8, 4) is 0 Å². The summed E-state index contributed by atoms with van der Waals surface area (Å²) in [5.41, 5.74) is 0.853. The Labute approximate surface area is 188 Å². The van der Waals surface area contributed by atoms with Gasteiger partial charge in [-0.2, -0.15) is 0 Å². The lowest BCUT2D eigenvalue weighted by Crippen LogP contribution is -2.64. The fourth-order valence-corrected chi connectivity index (χ4v) is 8.63. The lowest BCUT2D eigenvalue weighted by molar-refractivity contribution is -0.306. The number of ether oxygens (including phenoxy) is 3. The highest BCUT2D eigenvalue weighted by Crippen LogP contribution is 2.72. The van der Waals surface area contributed by atoms with E-state index in [2.05, 4.69) is 48.6 Å². The summed E-state index contributed by atoms with van der Waals surface area (Å²) in [7, 11) is 0. The van der Waals surface area contributed by atoms with Crippen LogP contribution in [0.3, 0.4) is 0 Å². The van der Waals surface area contributed by atoms with Gasteiger partial charge in [0, 0.05) is 10.8 Å². The summed E-state index contributed by atoms with van der Waals surface area (Å²) in [6.07, 6.45) is 13.8. The van der Waals surface area contributed by atoms with Gasteiger partial charge in [0.25, 0.3) is 0 Å². The fraction of sp³-hybridized carbons (Fsp3) is 0.875. The molecule has 1 spiro atoms. The van der Waals surface area contributed by atoms with Gasteiger partial charge in [-0.15, -0.1) is 0 Å². The summed E-state index contributed by atoms with van der Waals surface area (Å²) in [4.78, 5) is 11.8. The Morgan fingerprint density at radius 3 is 2.69 bits per heavy atom. The Hall–Kier alpha value is -0.140. The van der Waals surface area contributed by atoms with Gasteiger partial charge in [0.1, 0.15) is 6.61 Å². The second kappa shape index (κ2) is 6.93. The minimum absolute atomic E-state index is 0.0642. The van der Waals surface area contributed by atoms with E-state index in [0.717, 1.165) is 25.4 Å². The Bertz CT molecular complexity index is 724. The van der Waals surface area contributed by atoms with Crippen LogP contribution in [0.25, 0.3) is 0 Å². The summed E-state index contributed by atoms with van der Waals surface area (Å²) < 4.78 is 18.4. The van der Waals surface area contributed by atoms with Crippen LogP contribution in [0, 0.1) is 33.5 Å². The molecule has 0 amide bonds. The van der Waals surface area contributed by atoms with Gasteiger partial charge in [-0.05, 0) is 74.5 Å². The highest BCUT2D eigenvalue weighted by molar-refractivity contribution is 14.1. The van der Waals surface area contributed by atoms with Gasteiger partial charge in [0.05, 0.1) is 17.1 Å². The Kier molecular flexibility index (Phi) is 4.96. The summed E-state index contributed by atoms with van der Waals surface area (Å²) in [5, 5.41) is 0. The van der Waals surface area contributed by atoms with Crippen molar-refractivity contribution in [2.24, 2.45) is 33.5 Å². The van der Waals surface area contributed by atoms with Crippen LogP contribution in [0.2, 0.25) is 0 Å². The van der Waals surface area contributed by atoms with Gasteiger partial charge in [0.15, 0.2) is 6.29 Å². The second-order valence-electron chi connectivity index (χ2n) is 11.1. The van der Waals surface area contributed by atoms with E-state index in [9.17, 15) is 4.79 Å². The average Bonchev–Trinajstić information content (AvgIpc) is 2.97. The largest absolute Gasteiger partial charge is 0.464 e. The second-order valence-corrected chi connectivity index (χ2v) is 11.9. The minimum atomic E-state index is -0.0788. The van der Waals surface area contributed by atoms with Gasteiger partial charge in [-0.1, -0.05) is 48.6 Å². The molecular weight excluding hydrogens is 479 g/mol. The zero-order valence-corrected chi connectivity index (χ0v) is 20.2. The topological polar surface area (TPSA) is 44.8 Å². The van der Waals surface area contributed by atoms with Crippen molar-refractivity contribution in [1.29, 1.82) is 0 Å². The first-order valence-corrected chi connectivity index (χ1v) is 13.0. The Morgan fingerprint density at radius 1 is 1.10 bits per heavy atom. The van der Waals surface area contributed by atoms with Gasteiger partial charge in [-0.3, -0.25) is 4.79 Å². The normalized spacial score (nSPS) is 53.0. The quantitative estimate of drug-likeness (QED) is 0.222. The molecule has 0 aromatic carbocycles. The molecule has 0 radical (unpaired) electrons. The molecule has 1 aliphatic heterocycles. The van der Waals surface area contributed by atoms with Crippen LogP contribution in [0.15, 0.2) is 12.2 Å². The number of carbonyl (C=O) groups is 1. The lowest BCUT2D eigenvalue weighted by atomic mass is 9.40. The number of allylic oxidation sites excluding steroid dienone is 1. The molecule has 0 aromatic rings. The molecule has 1 heterocycles. The average molecular weight is 514 g/mol. The fourth-order valence-electron chi connectivity index (χ4n) is 8.41. The monoisotopic (exact) mass is 514 g/mol. The van der Waals surface area contributed by atoms with Crippen LogP contribution in [0.1, 0.15) is 65.7 Å². The van der Waals surface area contributed by atoms with Crippen LogP contribution in [-0.4, -0.2) is 36.0 Å². The molecule has 2 bridgehead atoms. The molecule has 5 rings (SSSR count). The molecule has 8 unspecified atom stereocenters. The predicted molar refractivity (Wildman–Crippen MR) is 120 cm³/mol. The molecule has 29 heavy (non-hydrogen) atoms. The first-order chi connectivity index (χ1) is 13.8. The maximum Gasteiger partial charge on any atom is 0.315 e. The van der Waals surface area contributed by atoms with E-state index in [0.29, 0.717) is 33.9 Å². The van der Waals surface area contributed by atoms with Crippen LogP contribution in [0.4, 0.5) is 0 Å². The zero-order valence-electron chi connectivity index (χ0n) is 18.0. The van der Waals surface area contributed by atoms with Gasteiger partial charge in [-0.25, -0.2) is 0 Å². The molecule has 162 valence electrons. The van der Waals surface area contributed by atoms with Gasteiger partial charge >= 0.3 is 5.97 Å². The summed E-state index contributed by atoms with van der Waals surface area (Å²) in [6, 6.07) is 0. The first kappa shape index (κ1) is 20.7. The van der Waals surface area contributed by atoms with Crippen LogP contribution >= 0.6 is 22.6 Å². The van der Waals surface area contributed by atoms with E-state index in [1.165, 1.54) is 32.1 Å². The van der Waals surface area contributed by atoms with Crippen molar-refractivity contribution in [3.05, 3.63) is 12.2 Å². The molecule has 8 atom stereocenters. The van der Waals surface area contributed by atoms with E-state index in [1.54, 1.807) is 0 Å². The standard InChI is InChI=1S/C24H35IO4/c1-16-27-14-22(3)17-5-9-24-11-10-23(13-24,15-28-20(26)12-25)8-4-18(24)21(17,2)7-6-19(22)29-16/h10-11,16-19H,4-9,12-15H2,1-3H3. The third-order valence-electron chi connectivity index (χ3n) is 9.66. The number of carbonyl (C=O) groups excluding carboxylic acids is 1. The smallest absolute Gasteiger partial charge is 0.315 e. The third kappa shape index (κ3) is 3.00. The molecule has 5 heteroatoms. The Morgan fingerprint density at radius 2 is 1.90 bits per heavy atom. The summed E-state index contributed by atoms with van der Waals surface area (Å²) >= 11 is 2.09. The predicted octanol–water partition coefficient (Wildman–Crippen LogP) is 5.29. The molecule has 0 N–H and O–H groups in total. The van der Waals surface area contributed by atoms with Gasteiger partial charge in [0.2, 0.25) is 0 Å². The molecule has 1 saturated heterocycles. The van der Waals surface area contributed by atoms with Crippen molar-refractivity contribution in [2.45, 2.75) is 78.1 Å². The number of hydrogen-bond donors (Lipinski definition) is 0. The highest BCUT2D eigenvalue weighted by Gasteiger charge is 2.66. The molecule has 4 fully saturated rings. The summed E-state index contributed by atoms with van der Waals surface area (Å²) in [5.74, 6) is 1.30. The number of halogens is 1. The third-order valence-corrected chi connectivity index (χ3v) is 10.3. The van der Waals surface area contributed by atoms with Crippen molar-refractivity contribution in [3.63, 3.8) is 0 Å². The van der Waals surface area contributed by atoms with Gasteiger partial charge < -0.3 is 14.2 Å². The van der Waals surface area contributed by atoms with E-state index >= 15 is 0 Å². The van der Waals surface area contributed by atoms with Crippen molar-refractivity contribution < 1.29 is 19.0 Å². The first-order valence-electron chi connectivity index (χ1n) is 11.4. The van der Waals surface area contributed by atoms with E-state index in [1.807, 2.05) is 6.92 Å². The van der Waals surface area contributed by atoms with E-state index in [-0.39, 0.29) is 23.1 Å². The molecule has 0 aromatic heterocycles. The molecule has 4 nitrogen and oxygen atoms in total. The van der Waals surface area contributed by atoms with Crippen molar-refractivity contribution in [1.82, 2.24) is 0 Å². The highest BCUT2D eigenvalue weighted by atomic mass is 127. The SMILES string of the molecule is CC1OCC2(C)C(CCC3(C)C4CCC5(COC(=O)CI)C=CC4(CCC23)C5)O1. The molecule has 3 saturated carbocycles. The van der Waals surface area contributed by atoms with Crippen LogP contribution in [-0.2, 0) is 19.0 Å². The molecule has 4 aliphatic carbocycles. The number of alkyl halides is 1. The number of fused-ring (bicyclic) bond motifs is 5. The van der Waals surface area contributed by atoms with E-state index in [4.69, 9.17) is 14.2 Å². The number of rotatable bonds is 3. The lowest BCUT2D eigenvalue weighted by Gasteiger charge is -2.67. The number of esters is 1. The minimum Gasteiger partial charge on any atom is -0.464 e. The van der Waals surface area contributed by atoms with Crippen LogP contribution in [0.5, 0.6) is 0 Å². The maximum absolute atomic E-state index is 11.8. The van der Waals surface area contributed by atoms with Crippen molar-refractivity contribution >= 4 is 28.6 Å². The molecule has 5 aliphatic rings. The summed E-state index contributed by atoms with van der Waals surface area (Å²) in [6.45, 7) is 8.46.